The van der Waals surface area contributed by atoms with Gasteiger partial charge in [0.25, 0.3) is 0 Å². The number of thiol groups is 1. The summed E-state index contributed by atoms with van der Waals surface area (Å²) in [6.07, 6.45) is 0. The van der Waals surface area contributed by atoms with E-state index in [0.29, 0.717) is 18.1 Å². The third-order valence-corrected chi connectivity index (χ3v) is 2.68. The third kappa shape index (κ3) is 3.40. The van der Waals surface area contributed by atoms with E-state index in [1.54, 1.807) is 37.4 Å². The van der Waals surface area contributed by atoms with Gasteiger partial charge in [0.05, 0.1) is 7.11 Å². The molecular formula is C14H13FO2S. The standard InChI is InChI=1S/C14H13FO2S/c1-16-12-6-13(8-14(18)7-12)17-9-10-2-4-11(15)5-3-10/h2-8,18H,9H2,1H3. The summed E-state index contributed by atoms with van der Waals surface area (Å²) >= 11 is 4.26. The summed E-state index contributed by atoms with van der Waals surface area (Å²) in [6, 6.07) is 11.6. The van der Waals surface area contributed by atoms with Gasteiger partial charge in [0.2, 0.25) is 0 Å². The highest BCUT2D eigenvalue weighted by atomic mass is 32.1. The molecule has 0 unspecified atom stereocenters. The number of rotatable bonds is 4. The Labute approximate surface area is 111 Å². The van der Waals surface area contributed by atoms with Gasteiger partial charge in [-0.05, 0) is 29.8 Å². The van der Waals surface area contributed by atoms with Gasteiger partial charge in [-0.3, -0.25) is 0 Å². The number of benzene rings is 2. The Balaban J connectivity index is 2.05. The summed E-state index contributed by atoms with van der Waals surface area (Å²) in [5.41, 5.74) is 0.903. The molecule has 0 radical (unpaired) electrons. The van der Waals surface area contributed by atoms with Gasteiger partial charge in [-0.15, -0.1) is 12.6 Å². The van der Waals surface area contributed by atoms with E-state index in [9.17, 15) is 4.39 Å². The zero-order chi connectivity index (χ0) is 13.0. The van der Waals surface area contributed by atoms with Crippen LogP contribution in [0.25, 0.3) is 0 Å². The Bertz CT molecular complexity index is 526. The maximum atomic E-state index is 12.7. The smallest absolute Gasteiger partial charge is 0.124 e. The van der Waals surface area contributed by atoms with E-state index in [1.165, 1.54) is 12.1 Å². The molecule has 0 saturated carbocycles. The van der Waals surface area contributed by atoms with Gasteiger partial charge in [0.15, 0.2) is 0 Å². The summed E-state index contributed by atoms with van der Waals surface area (Å²) in [4.78, 5) is 0.767. The van der Waals surface area contributed by atoms with Gasteiger partial charge in [-0.2, -0.15) is 0 Å². The van der Waals surface area contributed by atoms with Crippen LogP contribution >= 0.6 is 12.6 Å². The van der Waals surface area contributed by atoms with Crippen LogP contribution in [0.15, 0.2) is 47.4 Å². The molecule has 2 aromatic rings. The van der Waals surface area contributed by atoms with Crippen LogP contribution in [0.2, 0.25) is 0 Å². The summed E-state index contributed by atoms with van der Waals surface area (Å²) in [5, 5.41) is 0. The molecule has 0 spiro atoms. The van der Waals surface area contributed by atoms with Gasteiger partial charge in [-0.1, -0.05) is 12.1 Å². The van der Waals surface area contributed by atoms with E-state index in [4.69, 9.17) is 9.47 Å². The molecule has 4 heteroatoms. The van der Waals surface area contributed by atoms with E-state index < -0.39 is 0 Å². The number of halogens is 1. The minimum atomic E-state index is -0.252. The van der Waals surface area contributed by atoms with E-state index >= 15 is 0 Å². The lowest BCUT2D eigenvalue weighted by atomic mass is 10.2. The molecule has 0 aliphatic rings. The molecule has 0 aliphatic carbocycles. The van der Waals surface area contributed by atoms with Crippen molar-refractivity contribution in [3.63, 3.8) is 0 Å². The van der Waals surface area contributed by atoms with E-state index in [1.807, 2.05) is 0 Å². The molecule has 2 nitrogen and oxygen atoms in total. The van der Waals surface area contributed by atoms with Crippen LogP contribution in [-0.4, -0.2) is 7.11 Å². The highest BCUT2D eigenvalue weighted by molar-refractivity contribution is 7.80. The second-order valence-electron chi connectivity index (χ2n) is 3.78. The van der Waals surface area contributed by atoms with Crippen molar-refractivity contribution in [3.8, 4) is 11.5 Å². The van der Waals surface area contributed by atoms with Crippen LogP contribution in [0, 0.1) is 5.82 Å². The van der Waals surface area contributed by atoms with Crippen molar-refractivity contribution in [2.75, 3.05) is 7.11 Å². The predicted molar refractivity (Wildman–Crippen MR) is 71.0 cm³/mol. The number of ether oxygens (including phenoxy) is 2. The Morgan fingerprint density at radius 1 is 1.06 bits per heavy atom. The maximum Gasteiger partial charge on any atom is 0.124 e. The molecule has 18 heavy (non-hydrogen) atoms. The fourth-order valence-corrected chi connectivity index (χ4v) is 1.76. The molecule has 0 bridgehead atoms. The van der Waals surface area contributed by atoms with Crippen molar-refractivity contribution in [2.24, 2.45) is 0 Å². The summed E-state index contributed by atoms with van der Waals surface area (Å²) < 4.78 is 23.5. The molecule has 0 fully saturated rings. The fourth-order valence-electron chi connectivity index (χ4n) is 1.51. The molecule has 2 rings (SSSR count). The molecule has 2 aromatic carbocycles. The molecular weight excluding hydrogens is 251 g/mol. The molecule has 0 aliphatic heterocycles. The fraction of sp³-hybridized carbons (Fsp3) is 0.143. The van der Waals surface area contributed by atoms with Gasteiger partial charge >= 0.3 is 0 Å². The summed E-state index contributed by atoms with van der Waals surface area (Å²) in [5.74, 6) is 1.11. The summed E-state index contributed by atoms with van der Waals surface area (Å²) in [6.45, 7) is 0.376. The largest absolute Gasteiger partial charge is 0.497 e. The topological polar surface area (TPSA) is 18.5 Å². The zero-order valence-corrected chi connectivity index (χ0v) is 10.8. The molecule has 0 saturated heterocycles. The van der Waals surface area contributed by atoms with E-state index in [0.717, 1.165) is 10.5 Å². The number of hydrogen-bond donors (Lipinski definition) is 1. The third-order valence-electron chi connectivity index (χ3n) is 2.42. The molecule has 0 N–H and O–H groups in total. The minimum absolute atomic E-state index is 0.252. The lowest BCUT2D eigenvalue weighted by Crippen LogP contribution is -1.96. The number of methoxy groups -OCH3 is 1. The first-order chi connectivity index (χ1) is 8.67. The monoisotopic (exact) mass is 264 g/mol. The molecule has 0 amide bonds. The lowest BCUT2D eigenvalue weighted by Gasteiger charge is -2.09. The quantitative estimate of drug-likeness (QED) is 0.849. The first-order valence-corrected chi connectivity index (χ1v) is 5.87. The Morgan fingerprint density at radius 2 is 1.72 bits per heavy atom. The molecule has 94 valence electrons. The Kier molecular flexibility index (Phi) is 4.10. The van der Waals surface area contributed by atoms with Gasteiger partial charge in [-0.25, -0.2) is 4.39 Å². The lowest BCUT2D eigenvalue weighted by molar-refractivity contribution is 0.302. The Hall–Kier alpha value is -1.68. The average Bonchev–Trinajstić information content (AvgIpc) is 2.37. The van der Waals surface area contributed by atoms with Crippen molar-refractivity contribution >= 4 is 12.6 Å². The van der Waals surface area contributed by atoms with Crippen LogP contribution in [0.4, 0.5) is 4.39 Å². The summed E-state index contributed by atoms with van der Waals surface area (Å²) in [7, 11) is 1.59. The van der Waals surface area contributed by atoms with Crippen molar-refractivity contribution in [1.29, 1.82) is 0 Å². The van der Waals surface area contributed by atoms with E-state index in [2.05, 4.69) is 12.6 Å². The number of hydrogen-bond acceptors (Lipinski definition) is 3. The molecule has 0 aromatic heterocycles. The van der Waals surface area contributed by atoms with Crippen LogP contribution < -0.4 is 9.47 Å². The predicted octanol–water partition coefficient (Wildman–Crippen LogP) is 3.70. The SMILES string of the molecule is COc1cc(S)cc(OCc2ccc(F)cc2)c1. The average molecular weight is 264 g/mol. The Morgan fingerprint density at radius 3 is 2.39 bits per heavy atom. The minimum Gasteiger partial charge on any atom is -0.497 e. The second-order valence-corrected chi connectivity index (χ2v) is 4.30. The second kappa shape index (κ2) is 5.78. The zero-order valence-electron chi connectivity index (χ0n) is 9.89. The van der Waals surface area contributed by atoms with Gasteiger partial charge in [0, 0.05) is 11.0 Å². The van der Waals surface area contributed by atoms with Crippen LogP contribution in [0.3, 0.4) is 0 Å². The highest BCUT2D eigenvalue weighted by Gasteiger charge is 2.01. The maximum absolute atomic E-state index is 12.7. The van der Waals surface area contributed by atoms with Crippen LogP contribution in [0.5, 0.6) is 11.5 Å². The van der Waals surface area contributed by atoms with Gasteiger partial charge in [0.1, 0.15) is 23.9 Å². The van der Waals surface area contributed by atoms with E-state index in [-0.39, 0.29) is 5.82 Å². The van der Waals surface area contributed by atoms with Crippen molar-refractivity contribution in [1.82, 2.24) is 0 Å². The van der Waals surface area contributed by atoms with Crippen molar-refractivity contribution in [3.05, 3.63) is 53.8 Å². The normalized spacial score (nSPS) is 10.2. The van der Waals surface area contributed by atoms with Crippen LogP contribution in [-0.2, 0) is 6.61 Å². The van der Waals surface area contributed by atoms with Gasteiger partial charge < -0.3 is 9.47 Å². The first-order valence-electron chi connectivity index (χ1n) is 5.42. The first kappa shape index (κ1) is 12.8. The molecule has 0 heterocycles. The molecule has 0 atom stereocenters. The van der Waals surface area contributed by atoms with Crippen LogP contribution in [0.1, 0.15) is 5.56 Å². The highest BCUT2D eigenvalue weighted by Crippen LogP contribution is 2.25. The van der Waals surface area contributed by atoms with Crippen molar-refractivity contribution in [2.45, 2.75) is 11.5 Å². The van der Waals surface area contributed by atoms with Crippen molar-refractivity contribution < 1.29 is 13.9 Å².